The van der Waals surface area contributed by atoms with Crippen LogP contribution in [-0.2, 0) is 9.47 Å². The Morgan fingerprint density at radius 3 is 2.50 bits per heavy atom. The van der Waals surface area contributed by atoms with Gasteiger partial charge in [-0.25, -0.2) is 0 Å². The summed E-state index contributed by atoms with van der Waals surface area (Å²) in [7, 11) is 0. The van der Waals surface area contributed by atoms with Crippen LogP contribution in [0.25, 0.3) is 0 Å². The van der Waals surface area contributed by atoms with E-state index in [1.54, 1.807) is 0 Å². The predicted molar refractivity (Wildman–Crippen MR) is 55.4 cm³/mol. The highest BCUT2D eigenvalue weighted by atomic mass is 16.5. The van der Waals surface area contributed by atoms with Gasteiger partial charge in [0.1, 0.15) is 0 Å². The molecule has 2 heterocycles. The van der Waals surface area contributed by atoms with E-state index in [0.717, 1.165) is 45.8 Å². The average Bonchev–Trinajstić information content (AvgIpc) is 2.19. The fourth-order valence-electron chi connectivity index (χ4n) is 2.36. The number of hydrogen-bond donors (Lipinski definition) is 0. The molecule has 3 nitrogen and oxygen atoms in total. The van der Waals surface area contributed by atoms with Crippen molar-refractivity contribution in [1.29, 1.82) is 0 Å². The lowest BCUT2D eigenvalue weighted by atomic mass is 9.91. The fourth-order valence-corrected chi connectivity index (χ4v) is 2.36. The van der Waals surface area contributed by atoms with Gasteiger partial charge in [-0.05, 0) is 13.8 Å². The first-order chi connectivity index (χ1) is 6.72. The van der Waals surface area contributed by atoms with Crippen LogP contribution in [0.1, 0.15) is 26.7 Å². The van der Waals surface area contributed by atoms with Crippen molar-refractivity contribution in [2.24, 2.45) is 0 Å². The minimum Gasteiger partial charge on any atom is -0.381 e. The SMILES string of the molecule is CC(C)N1CCOC2(CCOCC2)C1. The van der Waals surface area contributed by atoms with Gasteiger partial charge in [-0.2, -0.15) is 0 Å². The largest absolute Gasteiger partial charge is 0.381 e. The molecule has 2 aliphatic heterocycles. The van der Waals surface area contributed by atoms with Gasteiger partial charge in [0.25, 0.3) is 0 Å². The van der Waals surface area contributed by atoms with E-state index in [0.29, 0.717) is 6.04 Å². The van der Waals surface area contributed by atoms with Gasteiger partial charge in [-0.3, -0.25) is 4.90 Å². The van der Waals surface area contributed by atoms with Crippen molar-refractivity contribution in [2.45, 2.75) is 38.3 Å². The van der Waals surface area contributed by atoms with Gasteiger partial charge in [0.05, 0.1) is 12.2 Å². The minimum absolute atomic E-state index is 0.112. The summed E-state index contributed by atoms with van der Waals surface area (Å²) in [6.45, 7) is 9.32. The van der Waals surface area contributed by atoms with E-state index in [1.165, 1.54) is 0 Å². The van der Waals surface area contributed by atoms with Gasteiger partial charge in [0.15, 0.2) is 0 Å². The average molecular weight is 199 g/mol. The summed E-state index contributed by atoms with van der Waals surface area (Å²) in [4.78, 5) is 2.52. The Morgan fingerprint density at radius 2 is 1.86 bits per heavy atom. The summed E-state index contributed by atoms with van der Waals surface area (Å²) in [5.41, 5.74) is 0.112. The monoisotopic (exact) mass is 199 g/mol. The van der Waals surface area contributed by atoms with E-state index in [2.05, 4.69) is 18.7 Å². The van der Waals surface area contributed by atoms with Crippen molar-refractivity contribution >= 4 is 0 Å². The molecule has 2 rings (SSSR count). The Bertz CT molecular complexity index is 182. The molecule has 0 saturated carbocycles. The molecule has 82 valence electrons. The Hall–Kier alpha value is -0.120. The number of hydrogen-bond acceptors (Lipinski definition) is 3. The van der Waals surface area contributed by atoms with Crippen molar-refractivity contribution in [1.82, 2.24) is 4.90 Å². The van der Waals surface area contributed by atoms with Gasteiger partial charge in [0.2, 0.25) is 0 Å². The van der Waals surface area contributed by atoms with Gasteiger partial charge >= 0.3 is 0 Å². The molecule has 0 aliphatic carbocycles. The van der Waals surface area contributed by atoms with E-state index in [-0.39, 0.29) is 5.60 Å². The second kappa shape index (κ2) is 4.17. The third-order valence-corrected chi connectivity index (χ3v) is 3.41. The molecular weight excluding hydrogens is 178 g/mol. The van der Waals surface area contributed by atoms with Gasteiger partial charge < -0.3 is 9.47 Å². The van der Waals surface area contributed by atoms with E-state index >= 15 is 0 Å². The number of nitrogens with zero attached hydrogens (tertiary/aromatic N) is 1. The van der Waals surface area contributed by atoms with Crippen LogP contribution in [0.4, 0.5) is 0 Å². The van der Waals surface area contributed by atoms with Crippen LogP contribution in [-0.4, -0.2) is 49.5 Å². The summed E-state index contributed by atoms with van der Waals surface area (Å²) in [6, 6.07) is 0.638. The third-order valence-electron chi connectivity index (χ3n) is 3.41. The fraction of sp³-hybridized carbons (Fsp3) is 1.00. The molecule has 0 atom stereocenters. The molecule has 1 spiro atoms. The highest BCUT2D eigenvalue weighted by Gasteiger charge is 2.38. The molecule has 14 heavy (non-hydrogen) atoms. The zero-order chi connectivity index (χ0) is 10.0. The second-order valence-corrected chi connectivity index (χ2v) is 4.71. The maximum Gasteiger partial charge on any atom is 0.0853 e. The smallest absolute Gasteiger partial charge is 0.0853 e. The predicted octanol–water partition coefficient (Wildman–Crippen LogP) is 1.28. The van der Waals surface area contributed by atoms with Gasteiger partial charge in [-0.15, -0.1) is 0 Å². The molecule has 0 aromatic rings. The number of rotatable bonds is 1. The molecular formula is C11H21NO2. The molecule has 0 radical (unpaired) electrons. The Labute approximate surface area is 86.4 Å². The van der Waals surface area contributed by atoms with Crippen LogP contribution in [0.3, 0.4) is 0 Å². The molecule has 0 bridgehead atoms. The molecule has 0 aromatic carbocycles. The van der Waals surface area contributed by atoms with Crippen LogP contribution in [0.2, 0.25) is 0 Å². The summed E-state index contributed by atoms with van der Waals surface area (Å²) < 4.78 is 11.4. The van der Waals surface area contributed by atoms with Crippen LogP contribution in [0.5, 0.6) is 0 Å². The van der Waals surface area contributed by atoms with Crippen molar-refractivity contribution in [3.63, 3.8) is 0 Å². The molecule has 2 saturated heterocycles. The lowest BCUT2D eigenvalue weighted by molar-refractivity contribution is -0.158. The summed E-state index contributed by atoms with van der Waals surface area (Å²) >= 11 is 0. The van der Waals surface area contributed by atoms with Crippen LogP contribution in [0, 0.1) is 0 Å². The van der Waals surface area contributed by atoms with Crippen LogP contribution in [0.15, 0.2) is 0 Å². The molecule has 0 unspecified atom stereocenters. The molecule has 0 aromatic heterocycles. The lowest BCUT2D eigenvalue weighted by Crippen LogP contribution is -2.55. The first-order valence-electron chi connectivity index (χ1n) is 5.68. The second-order valence-electron chi connectivity index (χ2n) is 4.71. The minimum atomic E-state index is 0.112. The van der Waals surface area contributed by atoms with E-state index in [1.807, 2.05) is 0 Å². The lowest BCUT2D eigenvalue weighted by Gasteiger charge is -2.46. The van der Waals surface area contributed by atoms with E-state index < -0.39 is 0 Å². The highest BCUT2D eigenvalue weighted by Crippen LogP contribution is 2.29. The van der Waals surface area contributed by atoms with Gasteiger partial charge in [-0.1, -0.05) is 0 Å². The number of ether oxygens (including phenoxy) is 2. The first kappa shape index (κ1) is 10.4. The Morgan fingerprint density at radius 1 is 1.14 bits per heavy atom. The van der Waals surface area contributed by atoms with Crippen molar-refractivity contribution in [2.75, 3.05) is 32.9 Å². The van der Waals surface area contributed by atoms with E-state index in [4.69, 9.17) is 9.47 Å². The molecule has 2 aliphatic rings. The third kappa shape index (κ3) is 2.10. The maximum atomic E-state index is 5.97. The van der Waals surface area contributed by atoms with Crippen molar-refractivity contribution in [3.8, 4) is 0 Å². The standard InChI is InChI=1S/C11H21NO2/c1-10(2)12-5-8-14-11(9-12)3-6-13-7-4-11/h10H,3-9H2,1-2H3. The number of morpholine rings is 1. The quantitative estimate of drug-likeness (QED) is 0.635. The normalized spacial score (nSPS) is 28.5. The topological polar surface area (TPSA) is 21.7 Å². The van der Waals surface area contributed by atoms with Crippen molar-refractivity contribution in [3.05, 3.63) is 0 Å². The van der Waals surface area contributed by atoms with E-state index in [9.17, 15) is 0 Å². The summed E-state index contributed by atoms with van der Waals surface area (Å²) in [6.07, 6.45) is 2.13. The van der Waals surface area contributed by atoms with Crippen LogP contribution >= 0.6 is 0 Å². The van der Waals surface area contributed by atoms with Crippen LogP contribution < -0.4 is 0 Å². The van der Waals surface area contributed by atoms with Crippen molar-refractivity contribution < 1.29 is 9.47 Å². The zero-order valence-corrected chi connectivity index (χ0v) is 9.29. The maximum absolute atomic E-state index is 5.97. The first-order valence-corrected chi connectivity index (χ1v) is 5.68. The Kier molecular flexibility index (Phi) is 3.10. The Balaban J connectivity index is 1.97. The molecule has 3 heteroatoms. The molecule has 0 amide bonds. The summed E-state index contributed by atoms with van der Waals surface area (Å²) in [5, 5.41) is 0. The van der Waals surface area contributed by atoms with Gasteiger partial charge in [0, 0.05) is 45.2 Å². The summed E-state index contributed by atoms with van der Waals surface area (Å²) in [5.74, 6) is 0. The zero-order valence-electron chi connectivity index (χ0n) is 9.29. The molecule has 2 fully saturated rings. The highest BCUT2D eigenvalue weighted by molar-refractivity contribution is 4.90. The molecule has 0 N–H and O–H groups in total.